The average Bonchev–Trinajstić information content (AvgIpc) is 1.64. The van der Waals surface area contributed by atoms with E-state index in [0.717, 1.165) is 6.92 Å². The Hall–Kier alpha value is -1.26. The summed E-state index contributed by atoms with van der Waals surface area (Å²) in [6.45, 7) is 1.00. The molecule has 0 fully saturated rings. The maximum Gasteiger partial charge on any atom is 0.339 e. The summed E-state index contributed by atoms with van der Waals surface area (Å²) in [6, 6.07) is -1.73. The summed E-state index contributed by atoms with van der Waals surface area (Å²) in [6.07, 6.45) is 0. The van der Waals surface area contributed by atoms with Gasteiger partial charge in [-0.1, -0.05) is 0 Å². The van der Waals surface area contributed by atoms with Gasteiger partial charge in [0.15, 0.2) is 5.78 Å². The Morgan fingerprint density at radius 1 is 1.56 bits per heavy atom. The summed E-state index contributed by atoms with van der Waals surface area (Å²) in [5.41, 5.74) is 0. The largest absolute Gasteiger partial charge is 0.479 e. The molecule has 0 radical (unpaired) electrons. The lowest BCUT2D eigenvalue weighted by atomic mass is 10.2. The van der Waals surface area contributed by atoms with Crippen LogP contribution in [0.15, 0.2) is 5.18 Å². The van der Waals surface area contributed by atoms with Crippen molar-refractivity contribution in [1.29, 1.82) is 0 Å². The first kappa shape index (κ1) is 7.74. The molecule has 0 aromatic rings. The molecule has 50 valence electrons. The van der Waals surface area contributed by atoms with Crippen LogP contribution in [0.4, 0.5) is 0 Å². The molecule has 0 spiro atoms. The number of ketones is 1. The van der Waals surface area contributed by atoms with E-state index in [1.165, 1.54) is 0 Å². The van der Waals surface area contributed by atoms with Crippen molar-refractivity contribution >= 4 is 11.8 Å². The number of carbonyl (C=O) groups is 2. The minimum Gasteiger partial charge on any atom is -0.479 e. The summed E-state index contributed by atoms with van der Waals surface area (Å²) in [5.74, 6) is -2.25. The average molecular weight is 131 g/mol. The van der Waals surface area contributed by atoms with E-state index >= 15 is 0 Å². The minimum atomic E-state index is -1.73. The third-order valence-corrected chi connectivity index (χ3v) is 0.724. The van der Waals surface area contributed by atoms with Crippen LogP contribution in [0.1, 0.15) is 6.92 Å². The van der Waals surface area contributed by atoms with Crippen molar-refractivity contribution in [3.63, 3.8) is 0 Å². The molecular formula is C4H5NO4. The SMILES string of the molecule is CC(=O)C(N=O)C(=O)O. The van der Waals surface area contributed by atoms with Gasteiger partial charge < -0.3 is 5.11 Å². The fourth-order valence-electron chi connectivity index (χ4n) is 0.293. The van der Waals surface area contributed by atoms with Crippen molar-refractivity contribution in [3.05, 3.63) is 4.91 Å². The molecule has 0 bridgehead atoms. The molecule has 5 heteroatoms. The molecule has 5 nitrogen and oxygen atoms in total. The number of nitroso groups, excluding NO2 is 1. The van der Waals surface area contributed by atoms with E-state index in [0.29, 0.717) is 0 Å². The Morgan fingerprint density at radius 2 is 2.00 bits per heavy atom. The minimum absolute atomic E-state index is 0.752. The normalized spacial score (nSPS) is 12.1. The fourth-order valence-corrected chi connectivity index (χ4v) is 0.293. The first-order chi connectivity index (χ1) is 4.09. The first-order valence-electron chi connectivity index (χ1n) is 2.15. The molecule has 0 amide bonds. The van der Waals surface area contributed by atoms with Gasteiger partial charge in [0.2, 0.25) is 6.04 Å². The molecule has 1 atom stereocenters. The van der Waals surface area contributed by atoms with Gasteiger partial charge in [0.1, 0.15) is 0 Å². The van der Waals surface area contributed by atoms with Crippen molar-refractivity contribution in [1.82, 2.24) is 0 Å². The molecule has 0 aliphatic heterocycles. The molecule has 0 heterocycles. The number of hydrogen-bond donors (Lipinski definition) is 1. The van der Waals surface area contributed by atoms with Gasteiger partial charge in [-0.2, -0.15) is 0 Å². The van der Waals surface area contributed by atoms with Gasteiger partial charge in [-0.15, -0.1) is 4.91 Å². The van der Waals surface area contributed by atoms with Gasteiger partial charge in [0.25, 0.3) is 0 Å². The van der Waals surface area contributed by atoms with Crippen LogP contribution >= 0.6 is 0 Å². The van der Waals surface area contributed by atoms with E-state index in [2.05, 4.69) is 5.18 Å². The van der Waals surface area contributed by atoms with E-state index in [1.807, 2.05) is 0 Å². The predicted molar refractivity (Wildman–Crippen MR) is 27.9 cm³/mol. The van der Waals surface area contributed by atoms with Crippen LogP contribution in [0, 0.1) is 4.91 Å². The molecule has 0 aliphatic carbocycles. The Bertz CT molecular complexity index is 139. The second kappa shape index (κ2) is 2.91. The zero-order chi connectivity index (χ0) is 7.44. The van der Waals surface area contributed by atoms with Crippen LogP contribution in [0.25, 0.3) is 0 Å². The van der Waals surface area contributed by atoms with Crippen LogP contribution in [-0.4, -0.2) is 22.9 Å². The molecule has 0 aromatic carbocycles. The summed E-state index contributed by atoms with van der Waals surface area (Å²) in [5, 5.41) is 10.1. The Morgan fingerprint density at radius 3 is 2.00 bits per heavy atom. The van der Waals surface area contributed by atoms with E-state index in [-0.39, 0.29) is 0 Å². The molecule has 0 saturated carbocycles. The van der Waals surface area contributed by atoms with E-state index in [1.54, 1.807) is 0 Å². The van der Waals surface area contributed by atoms with Crippen LogP contribution in [0.5, 0.6) is 0 Å². The number of carbonyl (C=O) groups excluding carboxylic acids is 1. The molecule has 1 unspecified atom stereocenters. The standard InChI is InChI=1S/C4H5NO4/c1-2(6)3(5-9)4(7)8/h3H,1H3,(H,7,8). The number of hydrogen-bond acceptors (Lipinski definition) is 4. The lowest BCUT2D eigenvalue weighted by molar-refractivity contribution is -0.141. The van der Waals surface area contributed by atoms with Crippen molar-refractivity contribution in [2.24, 2.45) is 5.18 Å². The molecule has 0 aliphatic rings. The second-order valence-corrected chi connectivity index (χ2v) is 1.46. The van der Waals surface area contributed by atoms with E-state index in [4.69, 9.17) is 5.11 Å². The van der Waals surface area contributed by atoms with Gasteiger partial charge in [-0.05, 0) is 12.1 Å². The highest BCUT2D eigenvalue weighted by Crippen LogP contribution is 1.90. The fraction of sp³-hybridized carbons (Fsp3) is 0.500. The number of carboxylic acid groups (broad SMARTS) is 1. The van der Waals surface area contributed by atoms with Gasteiger partial charge in [-0.25, -0.2) is 4.79 Å². The lowest BCUT2D eigenvalue weighted by Gasteiger charge is -1.93. The maximum absolute atomic E-state index is 10.1. The highest BCUT2D eigenvalue weighted by Gasteiger charge is 2.22. The highest BCUT2D eigenvalue weighted by atomic mass is 16.4. The monoisotopic (exact) mass is 131 g/mol. The second-order valence-electron chi connectivity index (χ2n) is 1.46. The van der Waals surface area contributed by atoms with Gasteiger partial charge in [0, 0.05) is 0 Å². The zero-order valence-corrected chi connectivity index (χ0v) is 4.70. The molecule has 9 heavy (non-hydrogen) atoms. The Kier molecular flexibility index (Phi) is 2.50. The van der Waals surface area contributed by atoms with Crippen molar-refractivity contribution < 1.29 is 14.7 Å². The third kappa shape index (κ3) is 1.98. The van der Waals surface area contributed by atoms with Crippen LogP contribution in [-0.2, 0) is 9.59 Å². The van der Waals surface area contributed by atoms with Crippen LogP contribution in [0.3, 0.4) is 0 Å². The van der Waals surface area contributed by atoms with Crippen LogP contribution in [0.2, 0.25) is 0 Å². The number of carboxylic acids is 1. The summed E-state index contributed by atoms with van der Waals surface area (Å²) in [4.78, 5) is 29.5. The Balaban J connectivity index is 4.16. The highest BCUT2D eigenvalue weighted by molar-refractivity contribution is 6.01. The molecular weight excluding hydrogens is 126 g/mol. The molecule has 0 aromatic heterocycles. The topological polar surface area (TPSA) is 83.8 Å². The van der Waals surface area contributed by atoms with E-state index in [9.17, 15) is 14.5 Å². The predicted octanol–water partition coefficient (Wildman–Crippen LogP) is -0.205. The smallest absolute Gasteiger partial charge is 0.339 e. The maximum atomic E-state index is 10.1. The Labute approximate surface area is 50.6 Å². The van der Waals surface area contributed by atoms with Crippen molar-refractivity contribution in [3.8, 4) is 0 Å². The van der Waals surface area contributed by atoms with Gasteiger partial charge in [0.05, 0.1) is 0 Å². The number of nitrogens with zero attached hydrogens (tertiary/aromatic N) is 1. The summed E-state index contributed by atoms with van der Waals surface area (Å²) < 4.78 is 0. The lowest BCUT2D eigenvalue weighted by Crippen LogP contribution is -2.24. The van der Waals surface area contributed by atoms with E-state index < -0.39 is 17.8 Å². The molecule has 0 saturated heterocycles. The van der Waals surface area contributed by atoms with Crippen molar-refractivity contribution in [2.75, 3.05) is 0 Å². The molecule has 0 rings (SSSR count). The first-order valence-corrected chi connectivity index (χ1v) is 2.15. The van der Waals surface area contributed by atoms with Crippen molar-refractivity contribution in [2.45, 2.75) is 13.0 Å². The molecule has 1 N–H and O–H groups in total. The third-order valence-electron chi connectivity index (χ3n) is 0.724. The van der Waals surface area contributed by atoms with Gasteiger partial charge >= 0.3 is 5.97 Å². The zero-order valence-electron chi connectivity index (χ0n) is 4.70. The summed E-state index contributed by atoms with van der Waals surface area (Å²) in [7, 11) is 0. The quantitative estimate of drug-likeness (QED) is 0.424. The summed E-state index contributed by atoms with van der Waals surface area (Å²) >= 11 is 0. The number of aliphatic carboxylic acids is 1. The number of Topliss-reactive ketones (excluding diaryl/α,β-unsaturated/α-hetero) is 1. The van der Waals surface area contributed by atoms with Gasteiger partial charge in [-0.3, -0.25) is 4.79 Å². The number of rotatable bonds is 3. The van der Waals surface area contributed by atoms with Crippen LogP contribution < -0.4 is 0 Å².